The molecular weight excluding hydrogens is 415 g/mol. The molecule has 0 heterocycles. The van der Waals surface area contributed by atoms with E-state index in [1.165, 1.54) is 64.2 Å². The van der Waals surface area contributed by atoms with Gasteiger partial charge < -0.3 is 20.6 Å². The van der Waals surface area contributed by atoms with Crippen LogP contribution in [0.5, 0.6) is 0 Å². The Bertz CT molecular complexity index is 479. The Morgan fingerprint density at radius 1 is 0.968 bits per heavy atom. The number of nitrogens with two attached hydrogens (primary N) is 1. The molecule has 0 aromatic heterocycles. The van der Waals surface area contributed by atoms with E-state index in [2.05, 4.69) is 6.92 Å². The van der Waals surface area contributed by atoms with Gasteiger partial charge in [-0.2, -0.15) is 0 Å². The van der Waals surface area contributed by atoms with Crippen LogP contribution in [0.15, 0.2) is 12.2 Å². The zero-order valence-electron chi connectivity index (χ0n) is 20.2. The molecule has 0 saturated carbocycles. The molecule has 0 fully saturated rings. The number of allylic oxidation sites excluding steroid dienone is 1. The van der Waals surface area contributed by atoms with Crippen LogP contribution >= 0.6 is 7.82 Å². The molecule has 0 rings (SSSR count). The summed E-state index contributed by atoms with van der Waals surface area (Å²) in [5.41, 5.74) is 5.85. The SMILES string of the molecule is CCCCCCCCCCCCCC=C[C@@H](O)[C@@H](N)COP(=O)(O)OCCN(C)CC. The van der Waals surface area contributed by atoms with Gasteiger partial charge in [-0.25, -0.2) is 4.57 Å². The molecule has 0 bridgehead atoms. The van der Waals surface area contributed by atoms with Gasteiger partial charge in [0.15, 0.2) is 0 Å². The van der Waals surface area contributed by atoms with Crippen molar-refractivity contribution in [2.24, 2.45) is 5.73 Å². The van der Waals surface area contributed by atoms with Crippen LogP contribution in [0, 0.1) is 0 Å². The van der Waals surface area contributed by atoms with Crippen molar-refractivity contribution in [2.45, 2.75) is 103 Å². The van der Waals surface area contributed by atoms with Crippen molar-refractivity contribution >= 4 is 7.82 Å². The largest absolute Gasteiger partial charge is 0.472 e. The Labute approximate surface area is 191 Å². The lowest BCUT2D eigenvalue weighted by molar-refractivity contribution is 0.106. The average molecular weight is 465 g/mol. The number of phosphoric ester groups is 1. The molecule has 1 unspecified atom stereocenters. The molecule has 0 aliphatic heterocycles. The predicted octanol–water partition coefficient (Wildman–Crippen LogP) is 5.02. The molecule has 0 amide bonds. The molecule has 7 nitrogen and oxygen atoms in total. The first kappa shape index (κ1) is 30.7. The van der Waals surface area contributed by atoms with Crippen molar-refractivity contribution in [3.63, 3.8) is 0 Å². The Balaban J connectivity index is 3.72. The normalized spacial score (nSPS) is 16.1. The lowest BCUT2D eigenvalue weighted by atomic mass is 10.0. The number of likely N-dealkylation sites (N-methyl/N-ethyl adjacent to an activating group) is 1. The highest BCUT2D eigenvalue weighted by atomic mass is 31.2. The van der Waals surface area contributed by atoms with Crippen molar-refractivity contribution in [2.75, 3.05) is 33.4 Å². The zero-order chi connectivity index (χ0) is 23.4. The summed E-state index contributed by atoms with van der Waals surface area (Å²) in [5, 5.41) is 10.1. The quantitative estimate of drug-likeness (QED) is 0.117. The van der Waals surface area contributed by atoms with Crippen LogP contribution in [0.25, 0.3) is 0 Å². The number of aliphatic hydroxyl groups excluding tert-OH is 1. The second-order valence-electron chi connectivity index (χ2n) is 8.40. The zero-order valence-corrected chi connectivity index (χ0v) is 21.1. The summed E-state index contributed by atoms with van der Waals surface area (Å²) in [4.78, 5) is 11.6. The minimum atomic E-state index is -4.15. The molecule has 8 heteroatoms. The molecule has 0 aromatic rings. The second kappa shape index (κ2) is 20.3. The van der Waals surface area contributed by atoms with Crippen LogP contribution in [0.3, 0.4) is 0 Å². The maximum Gasteiger partial charge on any atom is 0.472 e. The van der Waals surface area contributed by atoms with Gasteiger partial charge in [0.1, 0.15) is 0 Å². The molecule has 0 aliphatic rings. The van der Waals surface area contributed by atoms with E-state index in [0.29, 0.717) is 6.54 Å². The summed E-state index contributed by atoms with van der Waals surface area (Å²) in [5.74, 6) is 0. The van der Waals surface area contributed by atoms with Crippen molar-refractivity contribution in [3.8, 4) is 0 Å². The summed E-state index contributed by atoms with van der Waals surface area (Å²) in [6.45, 7) is 5.43. The molecule has 0 saturated heterocycles. The minimum Gasteiger partial charge on any atom is -0.387 e. The van der Waals surface area contributed by atoms with E-state index in [-0.39, 0.29) is 13.2 Å². The summed E-state index contributed by atoms with van der Waals surface area (Å²) >= 11 is 0. The van der Waals surface area contributed by atoms with Gasteiger partial charge in [0.05, 0.1) is 25.4 Å². The van der Waals surface area contributed by atoms with Crippen LogP contribution in [-0.4, -0.2) is 60.4 Å². The molecule has 0 radical (unpaired) electrons. The van der Waals surface area contributed by atoms with Crippen LogP contribution in [-0.2, 0) is 13.6 Å². The van der Waals surface area contributed by atoms with Crippen LogP contribution < -0.4 is 5.73 Å². The van der Waals surface area contributed by atoms with Gasteiger partial charge in [-0.05, 0) is 26.4 Å². The third-order valence-corrected chi connectivity index (χ3v) is 6.43. The van der Waals surface area contributed by atoms with Crippen molar-refractivity contribution in [1.82, 2.24) is 4.90 Å². The molecule has 3 atom stereocenters. The molecule has 0 aromatic carbocycles. The van der Waals surface area contributed by atoms with E-state index in [9.17, 15) is 14.6 Å². The van der Waals surface area contributed by atoms with Crippen LogP contribution in [0.4, 0.5) is 0 Å². The molecular formula is C23H49N2O5P. The highest BCUT2D eigenvalue weighted by Crippen LogP contribution is 2.43. The summed E-state index contributed by atoms with van der Waals surface area (Å²) in [6, 6.07) is -0.782. The molecule has 31 heavy (non-hydrogen) atoms. The molecule has 0 aliphatic carbocycles. The fraction of sp³-hybridized carbons (Fsp3) is 0.913. The Morgan fingerprint density at radius 2 is 1.52 bits per heavy atom. The molecule has 4 N–H and O–H groups in total. The number of hydrogen-bond donors (Lipinski definition) is 3. The number of nitrogens with zero attached hydrogens (tertiary/aromatic N) is 1. The number of phosphoric acid groups is 1. The van der Waals surface area contributed by atoms with E-state index in [4.69, 9.17) is 14.8 Å². The third-order valence-electron chi connectivity index (χ3n) is 5.44. The van der Waals surface area contributed by atoms with Gasteiger partial charge >= 0.3 is 7.82 Å². The average Bonchev–Trinajstić information content (AvgIpc) is 2.74. The Kier molecular flexibility index (Phi) is 20.2. The third kappa shape index (κ3) is 20.1. The maximum absolute atomic E-state index is 11.8. The highest BCUT2D eigenvalue weighted by Gasteiger charge is 2.24. The fourth-order valence-corrected chi connectivity index (χ4v) is 3.84. The second-order valence-corrected chi connectivity index (χ2v) is 9.85. The standard InChI is InChI=1S/C23H49N2O5P/c1-4-6-7-8-9-10-11-12-13-14-15-16-17-18-23(26)22(24)21-30-31(27,28)29-20-19-25(3)5-2/h17-18,22-23,26H,4-16,19-21,24H2,1-3H3,(H,27,28)/t22-,23+/m0/s1. The monoisotopic (exact) mass is 464 g/mol. The van der Waals surface area contributed by atoms with Crippen LogP contribution in [0.1, 0.15) is 90.9 Å². The van der Waals surface area contributed by atoms with E-state index in [1.807, 2.05) is 24.9 Å². The minimum absolute atomic E-state index is 0.0920. The van der Waals surface area contributed by atoms with E-state index in [0.717, 1.165) is 19.4 Å². The number of hydrogen-bond acceptors (Lipinski definition) is 6. The van der Waals surface area contributed by atoms with E-state index >= 15 is 0 Å². The predicted molar refractivity (Wildman–Crippen MR) is 129 cm³/mol. The van der Waals surface area contributed by atoms with Gasteiger partial charge in [0, 0.05) is 6.54 Å². The Morgan fingerprint density at radius 3 is 2.06 bits per heavy atom. The number of aliphatic hydroxyl groups is 1. The number of unbranched alkanes of at least 4 members (excludes halogenated alkanes) is 11. The van der Waals surface area contributed by atoms with Gasteiger partial charge in [0.2, 0.25) is 0 Å². The lowest BCUT2D eigenvalue weighted by Gasteiger charge is -2.19. The first-order chi connectivity index (χ1) is 14.8. The summed E-state index contributed by atoms with van der Waals surface area (Å²) in [7, 11) is -2.26. The fourth-order valence-electron chi connectivity index (χ4n) is 3.09. The Hall–Kier alpha value is -0.270. The van der Waals surface area contributed by atoms with Crippen molar-refractivity contribution in [1.29, 1.82) is 0 Å². The first-order valence-corrected chi connectivity index (χ1v) is 13.7. The van der Waals surface area contributed by atoms with E-state index in [1.54, 1.807) is 6.08 Å². The van der Waals surface area contributed by atoms with Gasteiger partial charge in [-0.1, -0.05) is 90.2 Å². The topological polar surface area (TPSA) is 105 Å². The van der Waals surface area contributed by atoms with Crippen molar-refractivity contribution in [3.05, 3.63) is 12.2 Å². The number of rotatable bonds is 22. The summed E-state index contributed by atoms with van der Waals surface area (Å²) in [6.07, 6.45) is 17.9. The smallest absolute Gasteiger partial charge is 0.387 e. The first-order valence-electron chi connectivity index (χ1n) is 12.2. The van der Waals surface area contributed by atoms with Crippen LogP contribution in [0.2, 0.25) is 0 Å². The lowest BCUT2D eigenvalue weighted by Crippen LogP contribution is -2.37. The van der Waals surface area contributed by atoms with Gasteiger partial charge in [-0.15, -0.1) is 0 Å². The molecule has 186 valence electrons. The van der Waals surface area contributed by atoms with Crippen molar-refractivity contribution < 1.29 is 23.6 Å². The van der Waals surface area contributed by atoms with E-state index < -0.39 is 20.0 Å². The maximum atomic E-state index is 11.8. The summed E-state index contributed by atoms with van der Waals surface area (Å²) < 4.78 is 21.6. The van der Waals surface area contributed by atoms with Gasteiger partial charge in [0.25, 0.3) is 0 Å². The highest BCUT2D eigenvalue weighted by molar-refractivity contribution is 7.47. The molecule has 0 spiro atoms. The van der Waals surface area contributed by atoms with Gasteiger partial charge in [-0.3, -0.25) is 9.05 Å².